The molecule has 0 aliphatic carbocycles. The monoisotopic (exact) mass is 825 g/mol. The van der Waals surface area contributed by atoms with Crippen LogP contribution in [0, 0.1) is 23.7 Å². The number of likely N-dealkylation sites (N-methyl/N-ethyl adjacent to an activating group) is 5. The first kappa shape index (κ1) is 52.2. The highest BCUT2D eigenvalue weighted by molar-refractivity contribution is 5.98. The molecule has 7 atom stereocenters. The van der Waals surface area contributed by atoms with Crippen LogP contribution in [-0.2, 0) is 33.5 Å². The summed E-state index contributed by atoms with van der Waals surface area (Å²) < 4.78 is 5.46. The van der Waals surface area contributed by atoms with Gasteiger partial charge in [0.05, 0.1) is 19.3 Å². The molecule has 8 amide bonds. The molecule has 1 heterocycles. The summed E-state index contributed by atoms with van der Waals surface area (Å²) in [5.74, 6) is -4.25. The van der Waals surface area contributed by atoms with Crippen LogP contribution in [-0.4, -0.2) is 175 Å². The molecule has 1 saturated heterocycles. The third kappa shape index (κ3) is 15.1. The molecule has 1 aliphatic heterocycles. The Labute approximate surface area is 347 Å². The number of urea groups is 1. The van der Waals surface area contributed by atoms with Crippen molar-refractivity contribution in [2.75, 3.05) is 68.1 Å². The molecule has 0 aromatic carbocycles. The number of nitrogens with one attached hydrogen (secondary N) is 3. The Morgan fingerprint density at radius 1 is 0.707 bits per heavy atom. The van der Waals surface area contributed by atoms with E-state index in [9.17, 15) is 38.7 Å². The van der Waals surface area contributed by atoms with E-state index in [4.69, 9.17) is 4.74 Å². The van der Waals surface area contributed by atoms with Gasteiger partial charge in [0.2, 0.25) is 35.4 Å². The van der Waals surface area contributed by atoms with Gasteiger partial charge < -0.3 is 40.1 Å². The van der Waals surface area contributed by atoms with Crippen LogP contribution < -0.4 is 16.0 Å². The maximum absolute atomic E-state index is 14.7. The lowest BCUT2D eigenvalue weighted by Gasteiger charge is -2.41. The molecule has 334 valence electrons. The van der Waals surface area contributed by atoms with Gasteiger partial charge in [0.15, 0.2) is 0 Å². The summed E-state index contributed by atoms with van der Waals surface area (Å²) in [4.78, 5) is 103. The lowest BCUT2D eigenvalue weighted by Crippen LogP contribution is -2.63. The summed E-state index contributed by atoms with van der Waals surface area (Å²) in [5.41, 5.74) is 0. The zero-order valence-corrected chi connectivity index (χ0v) is 37.8. The third-order valence-corrected chi connectivity index (χ3v) is 11.0. The summed E-state index contributed by atoms with van der Waals surface area (Å²) >= 11 is 0. The molecule has 58 heavy (non-hydrogen) atoms. The lowest BCUT2D eigenvalue weighted by molar-refractivity contribution is -0.156. The van der Waals surface area contributed by atoms with Crippen LogP contribution in [0.2, 0.25) is 0 Å². The van der Waals surface area contributed by atoms with Crippen LogP contribution in [0.4, 0.5) is 4.79 Å². The molecule has 0 aromatic rings. The second kappa shape index (κ2) is 24.9. The minimum absolute atomic E-state index is 0.0218. The van der Waals surface area contributed by atoms with Gasteiger partial charge in [-0.2, -0.15) is 0 Å². The number of ether oxygens (including phenoxy) is 1. The van der Waals surface area contributed by atoms with Crippen molar-refractivity contribution in [3.63, 3.8) is 0 Å². The van der Waals surface area contributed by atoms with Crippen molar-refractivity contribution in [2.45, 2.75) is 131 Å². The van der Waals surface area contributed by atoms with Gasteiger partial charge in [0.25, 0.3) is 0 Å². The Bertz CT molecular complexity index is 1370. The average Bonchev–Trinajstić information content (AvgIpc) is 3.18. The average molecular weight is 825 g/mol. The smallest absolute Gasteiger partial charge is 0.324 e. The van der Waals surface area contributed by atoms with Gasteiger partial charge in [0, 0.05) is 54.7 Å². The number of rotatable bonds is 22. The molecule has 0 saturated carbocycles. The summed E-state index contributed by atoms with van der Waals surface area (Å²) in [7, 11) is 7.30. The van der Waals surface area contributed by atoms with Crippen molar-refractivity contribution in [3.8, 4) is 0 Å². The molecule has 17 nitrogen and oxygen atoms in total. The van der Waals surface area contributed by atoms with Crippen molar-refractivity contribution >= 4 is 41.5 Å². The Hall–Kier alpha value is -3.83. The van der Waals surface area contributed by atoms with E-state index >= 15 is 0 Å². The zero-order valence-electron chi connectivity index (χ0n) is 37.8. The van der Waals surface area contributed by atoms with Crippen molar-refractivity contribution in [1.82, 2.24) is 40.4 Å². The molecule has 0 bridgehead atoms. The molecule has 0 spiro atoms. The van der Waals surface area contributed by atoms with E-state index in [0.29, 0.717) is 26.2 Å². The highest BCUT2D eigenvalue weighted by Crippen LogP contribution is 2.24. The maximum atomic E-state index is 14.7. The van der Waals surface area contributed by atoms with E-state index in [0.717, 1.165) is 13.1 Å². The van der Waals surface area contributed by atoms with Crippen molar-refractivity contribution < 1.29 is 43.4 Å². The molecule has 0 aromatic heterocycles. The van der Waals surface area contributed by atoms with Gasteiger partial charge in [-0.05, 0) is 55.9 Å². The standard InChI is InChI=1S/C41H76N8O9/c1-15-29(36(52)42-10)43-37(53)34(35(51)28(9)17-18-49-19-21-58-22-20-49)48(14)40(56)33(27(7)8)47(13)39(55)30(23-25(3)4)45(11)38(54)31(24-26(5)6)46(12)41(57)44-32(50)16-2/h25-31,33-35,51H,15-24H2,1-14H3,(H,42,52)(H,43,53)(H,44,50,57)/t28-,29+,30+,31+,33+,34+,35-/m1/s1. The first-order chi connectivity index (χ1) is 27.0. The van der Waals surface area contributed by atoms with Crippen LogP contribution in [0.25, 0.3) is 0 Å². The summed E-state index contributed by atoms with van der Waals surface area (Å²) in [6, 6.07) is -6.21. The molecule has 1 fully saturated rings. The number of morpholine rings is 1. The first-order valence-electron chi connectivity index (χ1n) is 20.9. The highest BCUT2D eigenvalue weighted by Gasteiger charge is 2.44. The molecule has 17 heteroatoms. The number of amides is 8. The molecule has 0 unspecified atom stereocenters. The van der Waals surface area contributed by atoms with E-state index in [2.05, 4.69) is 20.9 Å². The van der Waals surface area contributed by atoms with Crippen molar-refractivity contribution in [3.05, 3.63) is 0 Å². The van der Waals surface area contributed by atoms with Gasteiger partial charge >= 0.3 is 6.03 Å². The SMILES string of the molecule is CCC(=O)NC(=O)N(C)[C@@H](CC(C)C)C(=O)N(C)[C@@H](CC(C)C)C(=O)N(C)[C@H](C(=O)N(C)[C@H](C(=O)N[C@@H](CC)C(=O)NC)[C@H](O)[C@H](C)CCN1CCOCC1)C(C)C. The van der Waals surface area contributed by atoms with Gasteiger partial charge in [-0.1, -0.05) is 62.3 Å². The number of imide groups is 1. The number of hydrogen-bond acceptors (Lipinski definition) is 10. The number of aliphatic hydroxyl groups is 1. The second-order valence-electron chi connectivity index (χ2n) is 16.9. The second-order valence-corrected chi connectivity index (χ2v) is 16.9. The van der Waals surface area contributed by atoms with E-state index in [1.54, 1.807) is 27.7 Å². The third-order valence-electron chi connectivity index (χ3n) is 11.0. The lowest BCUT2D eigenvalue weighted by atomic mass is 9.91. The van der Waals surface area contributed by atoms with E-state index < -0.39 is 89.6 Å². The number of hydrogen-bond donors (Lipinski definition) is 4. The molecule has 1 rings (SSSR count). The van der Waals surface area contributed by atoms with Gasteiger partial charge in [-0.3, -0.25) is 39.0 Å². The minimum Gasteiger partial charge on any atom is -0.390 e. The fourth-order valence-corrected chi connectivity index (χ4v) is 7.22. The molecular weight excluding hydrogens is 748 g/mol. The van der Waals surface area contributed by atoms with E-state index in [-0.39, 0.29) is 37.5 Å². The molecule has 0 radical (unpaired) electrons. The molecule has 4 N–H and O–H groups in total. The summed E-state index contributed by atoms with van der Waals surface area (Å²) in [6.45, 7) is 19.7. The molecular formula is C41H76N8O9. The number of carbonyl (C=O) groups is 7. The van der Waals surface area contributed by atoms with Crippen LogP contribution in [0.3, 0.4) is 0 Å². The topological polar surface area (TPSA) is 201 Å². The number of aliphatic hydroxyl groups excluding tert-OH is 1. The van der Waals surface area contributed by atoms with Crippen molar-refractivity contribution in [2.24, 2.45) is 23.7 Å². The number of nitrogens with zero attached hydrogens (tertiary/aromatic N) is 5. The zero-order chi connectivity index (χ0) is 44.6. The Morgan fingerprint density at radius 3 is 1.67 bits per heavy atom. The highest BCUT2D eigenvalue weighted by atomic mass is 16.5. The summed E-state index contributed by atoms with van der Waals surface area (Å²) in [5, 5.41) is 19.4. The van der Waals surface area contributed by atoms with Crippen LogP contribution in [0.5, 0.6) is 0 Å². The predicted octanol–water partition coefficient (Wildman–Crippen LogP) is 1.52. The Morgan fingerprint density at radius 2 is 1.21 bits per heavy atom. The molecule has 1 aliphatic rings. The van der Waals surface area contributed by atoms with Crippen LogP contribution in [0.15, 0.2) is 0 Å². The van der Waals surface area contributed by atoms with E-state index in [1.165, 1.54) is 54.8 Å². The van der Waals surface area contributed by atoms with Gasteiger partial charge in [0.1, 0.15) is 30.2 Å². The maximum Gasteiger partial charge on any atom is 0.324 e. The van der Waals surface area contributed by atoms with Crippen LogP contribution >= 0.6 is 0 Å². The van der Waals surface area contributed by atoms with Crippen molar-refractivity contribution in [1.29, 1.82) is 0 Å². The quantitative estimate of drug-likeness (QED) is 0.124. The van der Waals surface area contributed by atoms with Gasteiger partial charge in [-0.15, -0.1) is 0 Å². The largest absolute Gasteiger partial charge is 0.390 e. The fourth-order valence-electron chi connectivity index (χ4n) is 7.22. The normalized spacial score (nSPS) is 17.0. The van der Waals surface area contributed by atoms with Crippen LogP contribution in [0.1, 0.15) is 94.4 Å². The fraction of sp³-hybridized carbons (Fsp3) is 0.829. The first-order valence-corrected chi connectivity index (χ1v) is 20.9. The Balaban J connectivity index is 3.60. The van der Waals surface area contributed by atoms with Gasteiger partial charge in [-0.25, -0.2) is 4.79 Å². The summed E-state index contributed by atoms with van der Waals surface area (Å²) in [6.07, 6.45) is 0.0387. The predicted molar refractivity (Wildman–Crippen MR) is 222 cm³/mol. The van der Waals surface area contributed by atoms with E-state index in [1.807, 2.05) is 34.6 Å². The Kier molecular flexibility index (Phi) is 22.4. The number of carbonyl (C=O) groups excluding carboxylic acids is 7. The minimum atomic E-state index is -1.41.